The third-order valence-corrected chi connectivity index (χ3v) is 3.80. The van der Waals surface area contributed by atoms with E-state index in [0.717, 1.165) is 43.9 Å². The fraction of sp³-hybridized carbons (Fsp3) is 0.500. The minimum absolute atomic E-state index is 0.0765. The van der Waals surface area contributed by atoms with Crippen molar-refractivity contribution in [3.63, 3.8) is 0 Å². The summed E-state index contributed by atoms with van der Waals surface area (Å²) in [5.41, 5.74) is 0.864. The van der Waals surface area contributed by atoms with Gasteiger partial charge in [-0.1, -0.05) is 26.0 Å². The summed E-state index contributed by atoms with van der Waals surface area (Å²) in [5, 5.41) is 0.709. The van der Waals surface area contributed by atoms with Crippen molar-refractivity contribution in [2.45, 2.75) is 33.7 Å². The lowest BCUT2D eigenvalue weighted by Crippen LogP contribution is -2.28. The lowest BCUT2D eigenvalue weighted by molar-refractivity contribution is 0.292. The van der Waals surface area contributed by atoms with Gasteiger partial charge >= 0.3 is 0 Å². The van der Waals surface area contributed by atoms with Gasteiger partial charge in [-0.25, -0.2) is 4.98 Å². The molecule has 0 N–H and O–H groups in total. The molecule has 0 atom stereocenters. The molecule has 0 aliphatic heterocycles. The van der Waals surface area contributed by atoms with Crippen molar-refractivity contribution < 1.29 is 0 Å². The van der Waals surface area contributed by atoms with E-state index in [4.69, 9.17) is 0 Å². The van der Waals surface area contributed by atoms with Crippen molar-refractivity contribution in [3.8, 4) is 0 Å². The second-order valence-corrected chi connectivity index (χ2v) is 5.01. The summed E-state index contributed by atoms with van der Waals surface area (Å²) in [4.78, 5) is 19.4. The van der Waals surface area contributed by atoms with Crippen LogP contribution in [0.3, 0.4) is 0 Å². The van der Waals surface area contributed by atoms with Crippen LogP contribution < -0.4 is 5.56 Å². The number of benzene rings is 1. The van der Waals surface area contributed by atoms with Crippen molar-refractivity contribution in [1.29, 1.82) is 0 Å². The Morgan fingerprint density at radius 2 is 1.90 bits per heavy atom. The third kappa shape index (κ3) is 3.07. The molecular weight excluding hydrogens is 250 g/mol. The minimum atomic E-state index is 0.0765. The molecule has 4 heteroatoms. The first-order chi connectivity index (χ1) is 9.67. The lowest BCUT2D eigenvalue weighted by Gasteiger charge is -2.18. The van der Waals surface area contributed by atoms with Crippen molar-refractivity contribution in [3.05, 3.63) is 40.4 Å². The van der Waals surface area contributed by atoms with E-state index in [1.807, 2.05) is 31.2 Å². The van der Waals surface area contributed by atoms with Gasteiger partial charge in [0.25, 0.3) is 5.56 Å². The Balaban J connectivity index is 2.20. The number of nitrogens with zero attached hydrogens (tertiary/aromatic N) is 3. The number of hydrogen-bond donors (Lipinski definition) is 0. The SMILES string of the molecule is CCN(CC)CCCn1c(C)nc2ccccc2c1=O. The van der Waals surface area contributed by atoms with Crippen LogP contribution in [-0.2, 0) is 6.54 Å². The normalized spacial score (nSPS) is 11.4. The van der Waals surface area contributed by atoms with Gasteiger partial charge in [0.15, 0.2) is 0 Å². The highest BCUT2D eigenvalue weighted by atomic mass is 16.1. The van der Waals surface area contributed by atoms with Gasteiger partial charge in [-0.15, -0.1) is 0 Å². The van der Waals surface area contributed by atoms with Crippen LogP contribution in [-0.4, -0.2) is 34.1 Å². The third-order valence-electron chi connectivity index (χ3n) is 3.80. The van der Waals surface area contributed by atoms with E-state index < -0.39 is 0 Å². The molecule has 0 bridgehead atoms. The van der Waals surface area contributed by atoms with Gasteiger partial charge in [0, 0.05) is 6.54 Å². The predicted octanol–water partition coefficient (Wildman–Crippen LogP) is 2.44. The zero-order valence-corrected chi connectivity index (χ0v) is 12.6. The van der Waals surface area contributed by atoms with Crippen LogP contribution in [0.2, 0.25) is 0 Å². The maximum absolute atomic E-state index is 12.5. The van der Waals surface area contributed by atoms with E-state index in [1.165, 1.54) is 0 Å². The van der Waals surface area contributed by atoms with E-state index in [2.05, 4.69) is 23.7 Å². The molecule has 2 aromatic rings. The van der Waals surface area contributed by atoms with Crippen LogP contribution in [0.15, 0.2) is 29.1 Å². The second kappa shape index (κ2) is 6.66. The van der Waals surface area contributed by atoms with Gasteiger partial charge in [0.2, 0.25) is 0 Å². The average Bonchev–Trinajstić information content (AvgIpc) is 2.46. The molecule has 0 saturated carbocycles. The molecule has 0 amide bonds. The van der Waals surface area contributed by atoms with E-state index in [-0.39, 0.29) is 5.56 Å². The number of aromatic nitrogens is 2. The monoisotopic (exact) mass is 273 g/mol. The van der Waals surface area contributed by atoms with Crippen molar-refractivity contribution in [1.82, 2.24) is 14.5 Å². The quantitative estimate of drug-likeness (QED) is 0.811. The summed E-state index contributed by atoms with van der Waals surface area (Å²) in [5.74, 6) is 0.799. The summed E-state index contributed by atoms with van der Waals surface area (Å²) in [6.45, 7) is 10.1. The first kappa shape index (κ1) is 14.7. The zero-order chi connectivity index (χ0) is 14.5. The lowest BCUT2D eigenvalue weighted by atomic mass is 10.2. The smallest absolute Gasteiger partial charge is 0.261 e. The summed E-state index contributed by atoms with van der Waals surface area (Å²) < 4.78 is 1.80. The highest BCUT2D eigenvalue weighted by Crippen LogP contribution is 2.07. The van der Waals surface area contributed by atoms with Gasteiger partial charge in [-0.05, 0) is 45.1 Å². The molecule has 0 aliphatic rings. The summed E-state index contributed by atoms with van der Waals surface area (Å²) in [6.07, 6.45) is 0.975. The Morgan fingerprint density at radius 3 is 2.60 bits per heavy atom. The Bertz CT molecular complexity index is 629. The molecule has 4 nitrogen and oxygen atoms in total. The van der Waals surface area contributed by atoms with E-state index >= 15 is 0 Å². The highest BCUT2D eigenvalue weighted by molar-refractivity contribution is 5.77. The number of rotatable bonds is 6. The number of fused-ring (bicyclic) bond motifs is 1. The molecule has 0 aliphatic carbocycles. The summed E-state index contributed by atoms with van der Waals surface area (Å²) in [6, 6.07) is 7.55. The minimum Gasteiger partial charge on any atom is -0.304 e. The van der Waals surface area contributed by atoms with Gasteiger partial charge in [0.05, 0.1) is 10.9 Å². The Morgan fingerprint density at radius 1 is 1.20 bits per heavy atom. The molecule has 2 rings (SSSR count). The van der Waals surface area contributed by atoms with Gasteiger partial charge < -0.3 is 4.90 Å². The Hall–Kier alpha value is -1.68. The maximum atomic E-state index is 12.5. The highest BCUT2D eigenvalue weighted by Gasteiger charge is 2.07. The fourth-order valence-electron chi connectivity index (χ4n) is 2.53. The molecule has 1 aromatic heterocycles. The van der Waals surface area contributed by atoms with Crippen LogP contribution >= 0.6 is 0 Å². The van der Waals surface area contributed by atoms with E-state index in [9.17, 15) is 4.79 Å². The zero-order valence-electron chi connectivity index (χ0n) is 12.6. The van der Waals surface area contributed by atoms with Crippen molar-refractivity contribution in [2.24, 2.45) is 0 Å². The Kier molecular flexibility index (Phi) is 4.90. The van der Waals surface area contributed by atoms with Crippen molar-refractivity contribution >= 4 is 10.9 Å². The topological polar surface area (TPSA) is 38.1 Å². The second-order valence-electron chi connectivity index (χ2n) is 5.01. The average molecular weight is 273 g/mol. The van der Waals surface area contributed by atoms with Gasteiger partial charge in [-0.3, -0.25) is 9.36 Å². The molecule has 0 spiro atoms. The molecule has 0 radical (unpaired) electrons. The van der Waals surface area contributed by atoms with E-state index in [0.29, 0.717) is 5.39 Å². The van der Waals surface area contributed by atoms with Gasteiger partial charge in [-0.2, -0.15) is 0 Å². The summed E-state index contributed by atoms with van der Waals surface area (Å²) in [7, 11) is 0. The van der Waals surface area contributed by atoms with Crippen LogP contribution in [0, 0.1) is 6.92 Å². The first-order valence-corrected chi connectivity index (χ1v) is 7.36. The molecular formula is C16H23N3O. The largest absolute Gasteiger partial charge is 0.304 e. The number of aryl methyl sites for hydroxylation is 1. The van der Waals surface area contributed by atoms with Crippen LogP contribution in [0.4, 0.5) is 0 Å². The molecule has 20 heavy (non-hydrogen) atoms. The van der Waals surface area contributed by atoms with Crippen LogP contribution in [0.1, 0.15) is 26.1 Å². The number of hydrogen-bond acceptors (Lipinski definition) is 3. The van der Waals surface area contributed by atoms with E-state index in [1.54, 1.807) is 4.57 Å². The van der Waals surface area contributed by atoms with Crippen LogP contribution in [0.5, 0.6) is 0 Å². The molecule has 0 fully saturated rings. The van der Waals surface area contributed by atoms with Crippen molar-refractivity contribution in [2.75, 3.05) is 19.6 Å². The molecule has 1 aromatic carbocycles. The first-order valence-electron chi connectivity index (χ1n) is 7.36. The summed E-state index contributed by atoms with van der Waals surface area (Å²) >= 11 is 0. The molecule has 0 unspecified atom stereocenters. The van der Waals surface area contributed by atoms with Crippen LogP contribution in [0.25, 0.3) is 10.9 Å². The molecule has 108 valence electrons. The standard InChI is InChI=1S/C16H23N3O/c1-4-18(5-2)11-8-12-19-13(3)17-15-10-7-6-9-14(15)16(19)20/h6-7,9-10H,4-5,8,11-12H2,1-3H3. The Labute approximate surface area is 120 Å². The predicted molar refractivity (Wildman–Crippen MR) is 83.1 cm³/mol. The molecule has 0 saturated heterocycles. The molecule has 1 heterocycles. The fourth-order valence-corrected chi connectivity index (χ4v) is 2.53. The maximum Gasteiger partial charge on any atom is 0.261 e. The number of para-hydroxylation sites is 1. The van der Waals surface area contributed by atoms with Gasteiger partial charge in [0.1, 0.15) is 5.82 Å².